The second kappa shape index (κ2) is 6.31. The van der Waals surface area contributed by atoms with Crippen molar-refractivity contribution in [3.8, 4) is 0 Å². The Labute approximate surface area is 146 Å². The average molecular weight is 332 g/mol. The highest BCUT2D eigenvalue weighted by Gasteiger charge is 2.53. The van der Waals surface area contributed by atoms with E-state index in [0.29, 0.717) is 41.8 Å². The third kappa shape index (κ3) is 2.84. The first kappa shape index (κ1) is 17.7. The fraction of sp³-hybridized carbons (Fsp3) is 0.810. The second-order valence-electron chi connectivity index (χ2n) is 8.79. The Morgan fingerprint density at radius 3 is 2.71 bits per heavy atom. The monoisotopic (exact) mass is 332 g/mol. The van der Waals surface area contributed by atoms with Gasteiger partial charge in [-0.3, -0.25) is 9.59 Å². The lowest BCUT2D eigenvalue weighted by Crippen LogP contribution is -2.52. The Hall–Kier alpha value is -1.12. The van der Waals surface area contributed by atoms with Gasteiger partial charge in [-0.2, -0.15) is 0 Å². The molecule has 0 bridgehead atoms. The quantitative estimate of drug-likeness (QED) is 0.550. The van der Waals surface area contributed by atoms with Crippen molar-refractivity contribution in [3.63, 3.8) is 0 Å². The highest BCUT2D eigenvalue weighted by molar-refractivity contribution is 5.82. The maximum atomic E-state index is 11.9. The van der Waals surface area contributed by atoms with Gasteiger partial charge in [0.05, 0.1) is 0 Å². The molecule has 3 heteroatoms. The molecule has 3 nitrogen and oxygen atoms in total. The fourth-order valence-electron chi connectivity index (χ4n) is 6.05. The summed E-state index contributed by atoms with van der Waals surface area (Å²) < 4.78 is 5.60. The summed E-state index contributed by atoms with van der Waals surface area (Å²) in [5.41, 5.74) is 1.46. The highest BCUT2D eigenvalue weighted by Crippen LogP contribution is 2.58. The third-order valence-electron chi connectivity index (χ3n) is 7.61. The molecule has 2 fully saturated rings. The molecule has 1 unspecified atom stereocenters. The van der Waals surface area contributed by atoms with Crippen molar-refractivity contribution >= 4 is 11.8 Å². The van der Waals surface area contributed by atoms with Crippen LogP contribution in [-0.2, 0) is 14.3 Å². The Balaban J connectivity index is 1.86. The zero-order valence-electron chi connectivity index (χ0n) is 15.8. The van der Waals surface area contributed by atoms with Crippen molar-refractivity contribution in [1.82, 2.24) is 0 Å². The molecule has 0 amide bonds. The van der Waals surface area contributed by atoms with Crippen LogP contribution < -0.4 is 0 Å². The SMILES string of the molecule is CC(=O)O[C@@H](C)[C@@]1(C)CC[C@H]2[C@H](C1C)[C@H](C)C=C1CC(=O)CC[C@@H]12. The highest BCUT2D eigenvalue weighted by atomic mass is 16.5. The summed E-state index contributed by atoms with van der Waals surface area (Å²) in [6.07, 6.45) is 7.15. The molecule has 3 aliphatic rings. The van der Waals surface area contributed by atoms with Crippen LogP contribution in [0.25, 0.3) is 0 Å². The van der Waals surface area contributed by atoms with Gasteiger partial charge in [-0.05, 0) is 55.8 Å². The van der Waals surface area contributed by atoms with Crippen molar-refractivity contribution in [1.29, 1.82) is 0 Å². The number of ether oxygens (including phenoxy) is 1. The summed E-state index contributed by atoms with van der Waals surface area (Å²) in [6.45, 7) is 10.6. The Morgan fingerprint density at radius 1 is 1.33 bits per heavy atom. The predicted octanol–water partition coefficient (Wildman–Crippen LogP) is 4.55. The minimum Gasteiger partial charge on any atom is -0.462 e. The Morgan fingerprint density at radius 2 is 2.04 bits per heavy atom. The number of hydrogen-bond acceptors (Lipinski definition) is 3. The van der Waals surface area contributed by atoms with Gasteiger partial charge in [0.15, 0.2) is 0 Å². The molecule has 0 radical (unpaired) electrons. The van der Waals surface area contributed by atoms with Crippen LogP contribution in [0.1, 0.15) is 66.7 Å². The summed E-state index contributed by atoms with van der Waals surface area (Å²) in [6, 6.07) is 0. The van der Waals surface area contributed by atoms with Crippen molar-refractivity contribution in [3.05, 3.63) is 11.6 Å². The largest absolute Gasteiger partial charge is 0.462 e. The van der Waals surface area contributed by atoms with Gasteiger partial charge in [0.25, 0.3) is 0 Å². The zero-order valence-corrected chi connectivity index (χ0v) is 15.8. The number of ketones is 1. The molecule has 3 rings (SSSR count). The topological polar surface area (TPSA) is 43.4 Å². The van der Waals surface area contributed by atoms with Crippen LogP contribution in [0, 0.1) is 35.0 Å². The minimum atomic E-state index is -0.178. The van der Waals surface area contributed by atoms with Gasteiger partial charge in [0, 0.05) is 25.2 Å². The maximum Gasteiger partial charge on any atom is 0.302 e. The molecule has 2 saturated carbocycles. The van der Waals surface area contributed by atoms with Crippen LogP contribution in [0.5, 0.6) is 0 Å². The minimum absolute atomic E-state index is 0.0386. The van der Waals surface area contributed by atoms with E-state index in [1.54, 1.807) is 0 Å². The number of Topliss-reactive ketones (excluding diaryl/α,β-unsaturated/α-hetero) is 1. The standard InChI is InChI=1S/C21H32O3/c1-12-10-16-11-17(23)6-7-18(16)19-8-9-21(5,13(2)20(12)19)14(3)24-15(4)22/h10,12-14,18-20H,6-9,11H2,1-5H3/t12-,13?,14+,18+,19-,20+,21+/m1/s1. The van der Waals surface area contributed by atoms with E-state index in [0.717, 1.165) is 19.3 Å². The number of esters is 1. The summed E-state index contributed by atoms with van der Waals surface area (Å²) in [5.74, 6) is 3.19. The van der Waals surface area contributed by atoms with E-state index < -0.39 is 0 Å². The summed E-state index contributed by atoms with van der Waals surface area (Å²) >= 11 is 0. The van der Waals surface area contributed by atoms with Crippen molar-refractivity contribution in [2.45, 2.75) is 72.8 Å². The molecule has 0 aliphatic heterocycles. The number of carbonyl (C=O) groups excluding carboxylic acids is 2. The molecule has 0 heterocycles. The molecule has 24 heavy (non-hydrogen) atoms. The van der Waals surface area contributed by atoms with E-state index in [9.17, 15) is 9.59 Å². The van der Waals surface area contributed by atoms with Gasteiger partial charge in [-0.25, -0.2) is 0 Å². The van der Waals surface area contributed by atoms with E-state index in [1.807, 2.05) is 0 Å². The number of fused-ring (bicyclic) bond motifs is 3. The van der Waals surface area contributed by atoms with Crippen LogP contribution in [-0.4, -0.2) is 17.9 Å². The molecule has 0 aromatic rings. The van der Waals surface area contributed by atoms with Crippen LogP contribution in [0.2, 0.25) is 0 Å². The maximum absolute atomic E-state index is 11.9. The first-order valence-electron chi connectivity index (χ1n) is 9.63. The van der Waals surface area contributed by atoms with Crippen molar-refractivity contribution in [2.75, 3.05) is 0 Å². The van der Waals surface area contributed by atoms with Gasteiger partial charge in [0.1, 0.15) is 11.9 Å². The Bertz CT molecular complexity index is 563. The molecule has 0 N–H and O–H groups in total. The van der Waals surface area contributed by atoms with E-state index in [4.69, 9.17) is 4.74 Å². The molecule has 134 valence electrons. The van der Waals surface area contributed by atoms with Crippen molar-refractivity contribution < 1.29 is 14.3 Å². The Kier molecular flexibility index (Phi) is 4.65. The van der Waals surface area contributed by atoms with Crippen molar-refractivity contribution in [2.24, 2.45) is 35.0 Å². The van der Waals surface area contributed by atoms with E-state index in [2.05, 4.69) is 33.8 Å². The first-order chi connectivity index (χ1) is 11.2. The van der Waals surface area contributed by atoms with Crippen LogP contribution in [0.15, 0.2) is 11.6 Å². The smallest absolute Gasteiger partial charge is 0.302 e. The average Bonchev–Trinajstić information content (AvgIpc) is 2.49. The first-order valence-corrected chi connectivity index (χ1v) is 9.63. The summed E-state index contributed by atoms with van der Waals surface area (Å²) in [7, 11) is 0. The predicted molar refractivity (Wildman–Crippen MR) is 94.3 cm³/mol. The van der Waals surface area contributed by atoms with Gasteiger partial charge in [-0.15, -0.1) is 0 Å². The summed E-state index contributed by atoms with van der Waals surface area (Å²) in [5, 5.41) is 0. The zero-order chi connectivity index (χ0) is 17.6. The molecule has 7 atom stereocenters. The van der Waals surface area contributed by atoms with E-state index >= 15 is 0 Å². The molecule has 0 spiro atoms. The van der Waals surface area contributed by atoms with E-state index in [-0.39, 0.29) is 17.5 Å². The number of carbonyl (C=O) groups is 2. The van der Waals surface area contributed by atoms with E-state index in [1.165, 1.54) is 18.9 Å². The lowest BCUT2D eigenvalue weighted by atomic mass is 9.49. The van der Waals surface area contributed by atoms with Gasteiger partial charge >= 0.3 is 5.97 Å². The molecule has 0 aromatic heterocycles. The summed E-state index contributed by atoms with van der Waals surface area (Å²) in [4.78, 5) is 23.3. The van der Waals surface area contributed by atoms with Crippen LogP contribution in [0.3, 0.4) is 0 Å². The molecule has 3 aliphatic carbocycles. The molecule has 0 saturated heterocycles. The normalized spacial score (nSPS) is 43.3. The van der Waals surface area contributed by atoms with Crippen LogP contribution in [0.4, 0.5) is 0 Å². The lowest BCUT2D eigenvalue weighted by Gasteiger charge is -2.56. The number of allylic oxidation sites excluding steroid dienone is 2. The van der Waals surface area contributed by atoms with Gasteiger partial charge in [-0.1, -0.05) is 32.4 Å². The second-order valence-corrected chi connectivity index (χ2v) is 8.79. The number of hydrogen-bond donors (Lipinski definition) is 0. The fourth-order valence-corrected chi connectivity index (χ4v) is 6.05. The number of rotatable bonds is 2. The third-order valence-corrected chi connectivity index (χ3v) is 7.61. The molecule has 0 aromatic carbocycles. The van der Waals surface area contributed by atoms with Crippen LogP contribution >= 0.6 is 0 Å². The lowest BCUT2D eigenvalue weighted by molar-refractivity contribution is -0.161. The van der Waals surface area contributed by atoms with Gasteiger partial charge in [0.2, 0.25) is 0 Å². The van der Waals surface area contributed by atoms with Gasteiger partial charge < -0.3 is 4.74 Å². The molecular weight excluding hydrogens is 300 g/mol. The molecular formula is C21H32O3.